The SMILES string of the molecule is CCOc1ccccc1NC(=O)c1ccc(C)n1C. The Bertz CT molecular complexity index is 588. The number of anilines is 1. The molecule has 2 aromatic rings. The molecule has 0 saturated carbocycles. The Labute approximate surface area is 113 Å². The van der Waals surface area contributed by atoms with Gasteiger partial charge in [0.15, 0.2) is 0 Å². The van der Waals surface area contributed by atoms with Crippen LogP contribution in [0.25, 0.3) is 0 Å². The highest BCUT2D eigenvalue weighted by molar-refractivity contribution is 6.04. The normalized spacial score (nSPS) is 10.3. The van der Waals surface area contributed by atoms with Gasteiger partial charge < -0.3 is 14.6 Å². The fourth-order valence-corrected chi connectivity index (χ4v) is 1.88. The van der Waals surface area contributed by atoms with Gasteiger partial charge in [0.2, 0.25) is 0 Å². The standard InChI is InChI=1S/C15H18N2O2/c1-4-19-14-8-6-5-7-12(14)16-15(18)13-10-9-11(2)17(13)3/h5-10H,4H2,1-3H3,(H,16,18). The third-order valence-corrected chi connectivity index (χ3v) is 3.04. The predicted octanol–water partition coefficient (Wildman–Crippen LogP) is 2.98. The minimum Gasteiger partial charge on any atom is -0.492 e. The van der Waals surface area contributed by atoms with Crippen molar-refractivity contribution in [3.63, 3.8) is 0 Å². The lowest BCUT2D eigenvalue weighted by Crippen LogP contribution is -2.16. The van der Waals surface area contributed by atoms with Gasteiger partial charge in [-0.2, -0.15) is 0 Å². The van der Waals surface area contributed by atoms with E-state index in [9.17, 15) is 4.79 Å². The molecule has 4 heteroatoms. The van der Waals surface area contributed by atoms with Crippen LogP contribution in [0.2, 0.25) is 0 Å². The molecule has 0 saturated heterocycles. The van der Waals surface area contributed by atoms with Crippen LogP contribution in [0.1, 0.15) is 23.1 Å². The van der Waals surface area contributed by atoms with E-state index in [-0.39, 0.29) is 5.91 Å². The van der Waals surface area contributed by atoms with Crippen molar-refractivity contribution in [3.8, 4) is 5.75 Å². The van der Waals surface area contributed by atoms with Crippen LogP contribution in [0.4, 0.5) is 5.69 Å². The number of aromatic nitrogens is 1. The zero-order chi connectivity index (χ0) is 13.8. The number of amides is 1. The molecule has 1 aromatic heterocycles. The third kappa shape index (κ3) is 2.78. The van der Waals surface area contributed by atoms with Crippen molar-refractivity contribution >= 4 is 11.6 Å². The third-order valence-electron chi connectivity index (χ3n) is 3.04. The number of hydrogen-bond donors (Lipinski definition) is 1. The summed E-state index contributed by atoms with van der Waals surface area (Å²) in [5.41, 5.74) is 2.36. The molecule has 0 bridgehead atoms. The molecule has 4 nitrogen and oxygen atoms in total. The van der Waals surface area contributed by atoms with E-state index >= 15 is 0 Å². The minimum atomic E-state index is -0.136. The Balaban J connectivity index is 2.22. The van der Waals surface area contributed by atoms with Crippen LogP contribution >= 0.6 is 0 Å². The number of carbonyl (C=O) groups excluding carboxylic acids is 1. The summed E-state index contributed by atoms with van der Waals surface area (Å²) in [6, 6.07) is 11.2. The highest BCUT2D eigenvalue weighted by Gasteiger charge is 2.13. The van der Waals surface area contributed by atoms with Crippen LogP contribution in [0.3, 0.4) is 0 Å². The first-order chi connectivity index (χ1) is 9.13. The molecule has 1 aromatic carbocycles. The first-order valence-corrected chi connectivity index (χ1v) is 6.29. The van der Waals surface area contributed by atoms with E-state index in [2.05, 4.69) is 5.32 Å². The minimum absolute atomic E-state index is 0.136. The monoisotopic (exact) mass is 258 g/mol. The zero-order valence-electron chi connectivity index (χ0n) is 11.4. The number of ether oxygens (including phenoxy) is 1. The number of nitrogens with one attached hydrogen (secondary N) is 1. The molecular weight excluding hydrogens is 240 g/mol. The smallest absolute Gasteiger partial charge is 0.272 e. The number of rotatable bonds is 4. The van der Waals surface area contributed by atoms with Crippen LogP contribution in [0.15, 0.2) is 36.4 Å². The average molecular weight is 258 g/mol. The van der Waals surface area contributed by atoms with Crippen molar-refractivity contribution < 1.29 is 9.53 Å². The fraction of sp³-hybridized carbons (Fsp3) is 0.267. The fourth-order valence-electron chi connectivity index (χ4n) is 1.88. The van der Waals surface area contributed by atoms with Crippen molar-refractivity contribution in [2.45, 2.75) is 13.8 Å². The van der Waals surface area contributed by atoms with Gasteiger partial charge in [-0.15, -0.1) is 0 Å². The molecule has 2 rings (SSSR count). The second-order valence-corrected chi connectivity index (χ2v) is 4.30. The maximum absolute atomic E-state index is 12.2. The first-order valence-electron chi connectivity index (χ1n) is 6.29. The molecular formula is C15H18N2O2. The van der Waals surface area contributed by atoms with E-state index in [1.54, 1.807) is 0 Å². The van der Waals surface area contributed by atoms with Gasteiger partial charge in [-0.1, -0.05) is 12.1 Å². The molecule has 0 aliphatic rings. The summed E-state index contributed by atoms with van der Waals surface area (Å²) < 4.78 is 7.35. The molecule has 1 amide bonds. The molecule has 1 N–H and O–H groups in total. The Morgan fingerprint density at radius 3 is 2.63 bits per heavy atom. The highest BCUT2D eigenvalue weighted by atomic mass is 16.5. The van der Waals surface area contributed by atoms with Gasteiger partial charge >= 0.3 is 0 Å². The number of nitrogens with zero attached hydrogens (tertiary/aromatic N) is 1. The highest BCUT2D eigenvalue weighted by Crippen LogP contribution is 2.24. The van der Waals surface area contributed by atoms with E-state index < -0.39 is 0 Å². The molecule has 100 valence electrons. The lowest BCUT2D eigenvalue weighted by atomic mass is 10.2. The Morgan fingerprint density at radius 1 is 1.26 bits per heavy atom. The van der Waals surface area contributed by atoms with Crippen molar-refractivity contribution in [2.75, 3.05) is 11.9 Å². The summed E-state index contributed by atoms with van der Waals surface area (Å²) >= 11 is 0. The van der Waals surface area contributed by atoms with Crippen molar-refractivity contribution in [1.29, 1.82) is 0 Å². The van der Waals surface area contributed by atoms with E-state index in [1.807, 2.05) is 61.9 Å². The maximum Gasteiger partial charge on any atom is 0.272 e. The van der Waals surface area contributed by atoms with Crippen LogP contribution < -0.4 is 10.1 Å². The van der Waals surface area contributed by atoms with Gasteiger partial charge in [0.05, 0.1) is 12.3 Å². The quantitative estimate of drug-likeness (QED) is 0.916. The Hall–Kier alpha value is -2.23. The van der Waals surface area contributed by atoms with Gasteiger partial charge in [-0.25, -0.2) is 0 Å². The van der Waals surface area contributed by atoms with Gasteiger partial charge in [0.1, 0.15) is 11.4 Å². The molecule has 0 unspecified atom stereocenters. The van der Waals surface area contributed by atoms with Gasteiger partial charge in [-0.05, 0) is 38.1 Å². The summed E-state index contributed by atoms with van der Waals surface area (Å²) in [5, 5.41) is 2.88. The van der Waals surface area contributed by atoms with Crippen molar-refractivity contribution in [2.24, 2.45) is 7.05 Å². The number of benzene rings is 1. The van der Waals surface area contributed by atoms with Gasteiger partial charge in [-0.3, -0.25) is 4.79 Å². The van der Waals surface area contributed by atoms with Crippen LogP contribution in [0.5, 0.6) is 5.75 Å². The van der Waals surface area contributed by atoms with Gasteiger partial charge in [0, 0.05) is 12.7 Å². The lowest BCUT2D eigenvalue weighted by Gasteiger charge is -2.11. The Morgan fingerprint density at radius 2 is 2.00 bits per heavy atom. The molecule has 1 heterocycles. The number of para-hydroxylation sites is 2. The summed E-state index contributed by atoms with van der Waals surface area (Å²) in [7, 11) is 1.87. The first kappa shape index (κ1) is 13.2. The van der Waals surface area contributed by atoms with E-state index in [0.717, 1.165) is 5.69 Å². The van der Waals surface area contributed by atoms with Crippen molar-refractivity contribution in [3.05, 3.63) is 47.8 Å². The Kier molecular flexibility index (Phi) is 3.90. The van der Waals surface area contributed by atoms with E-state index in [0.29, 0.717) is 23.7 Å². The summed E-state index contributed by atoms with van der Waals surface area (Å²) in [6.45, 7) is 4.44. The average Bonchev–Trinajstić information content (AvgIpc) is 2.73. The molecule has 0 fully saturated rings. The second kappa shape index (κ2) is 5.61. The molecule has 19 heavy (non-hydrogen) atoms. The maximum atomic E-state index is 12.2. The lowest BCUT2D eigenvalue weighted by molar-refractivity contribution is 0.101. The van der Waals surface area contributed by atoms with Crippen LogP contribution in [-0.2, 0) is 7.05 Å². The number of aryl methyl sites for hydroxylation is 1. The molecule has 0 atom stereocenters. The number of carbonyl (C=O) groups is 1. The molecule has 0 spiro atoms. The van der Waals surface area contributed by atoms with E-state index in [1.165, 1.54) is 0 Å². The topological polar surface area (TPSA) is 43.3 Å². The molecule has 0 aliphatic heterocycles. The van der Waals surface area contributed by atoms with Gasteiger partial charge in [0.25, 0.3) is 5.91 Å². The van der Waals surface area contributed by atoms with Crippen molar-refractivity contribution in [1.82, 2.24) is 4.57 Å². The summed E-state index contributed by atoms with van der Waals surface area (Å²) in [6.07, 6.45) is 0. The van der Waals surface area contributed by atoms with Crippen LogP contribution in [-0.4, -0.2) is 17.1 Å². The summed E-state index contributed by atoms with van der Waals surface area (Å²) in [5.74, 6) is 0.548. The predicted molar refractivity (Wildman–Crippen MR) is 75.7 cm³/mol. The largest absolute Gasteiger partial charge is 0.492 e. The molecule has 0 radical (unpaired) electrons. The zero-order valence-corrected chi connectivity index (χ0v) is 11.4. The second-order valence-electron chi connectivity index (χ2n) is 4.30. The van der Waals surface area contributed by atoms with E-state index in [4.69, 9.17) is 4.74 Å². The van der Waals surface area contributed by atoms with Crippen LogP contribution in [0, 0.1) is 6.92 Å². The summed E-state index contributed by atoms with van der Waals surface area (Å²) in [4.78, 5) is 12.2. The number of hydrogen-bond acceptors (Lipinski definition) is 2. The molecule has 0 aliphatic carbocycles.